The molecule has 21 heavy (non-hydrogen) atoms. The molecule has 0 saturated carbocycles. The Hall–Kier alpha value is -1.78. The molecule has 0 aliphatic rings. The van der Waals surface area contributed by atoms with Gasteiger partial charge in [0, 0.05) is 10.7 Å². The summed E-state index contributed by atoms with van der Waals surface area (Å²) in [7, 11) is -3.53. The molecule has 2 rings (SSSR count). The fourth-order valence-corrected chi connectivity index (χ4v) is 2.78. The van der Waals surface area contributed by atoms with E-state index in [1.165, 1.54) is 6.08 Å². The molecule has 0 unspecified atom stereocenters. The smallest absolute Gasteiger partial charge is 0.255 e. The molecule has 0 aliphatic carbocycles. The van der Waals surface area contributed by atoms with Gasteiger partial charge in [-0.1, -0.05) is 42.8 Å². The molecule has 110 valence electrons. The maximum absolute atomic E-state index is 12.0. The molecule has 5 heteroatoms. The van der Waals surface area contributed by atoms with Gasteiger partial charge < -0.3 is 0 Å². The molecule has 2 aromatic carbocycles. The molecule has 0 spiro atoms. The third kappa shape index (κ3) is 4.92. The Morgan fingerprint density at radius 2 is 1.86 bits per heavy atom. The molecular formula is C16H16ClNO2S. The molecule has 0 heterocycles. The topological polar surface area (TPSA) is 46.2 Å². The van der Waals surface area contributed by atoms with Crippen LogP contribution in [0, 0.1) is 0 Å². The highest BCUT2D eigenvalue weighted by atomic mass is 35.5. The van der Waals surface area contributed by atoms with Gasteiger partial charge in [-0.15, -0.1) is 0 Å². The molecule has 0 aliphatic heterocycles. The van der Waals surface area contributed by atoms with Crippen LogP contribution in [0.3, 0.4) is 0 Å². The van der Waals surface area contributed by atoms with Gasteiger partial charge in [-0.3, -0.25) is 4.72 Å². The monoisotopic (exact) mass is 321 g/mol. The SMILES string of the molecule is CCc1cccc(NS(=O)(=O)/C=C/c2ccc(Cl)cc2)c1. The van der Waals surface area contributed by atoms with Crippen LogP contribution in [-0.2, 0) is 16.4 Å². The number of anilines is 1. The van der Waals surface area contributed by atoms with Crippen LogP contribution < -0.4 is 4.72 Å². The highest BCUT2D eigenvalue weighted by molar-refractivity contribution is 7.95. The van der Waals surface area contributed by atoms with Gasteiger partial charge in [0.15, 0.2) is 0 Å². The second-order valence-corrected chi connectivity index (χ2v) is 6.56. The zero-order valence-electron chi connectivity index (χ0n) is 11.6. The van der Waals surface area contributed by atoms with Gasteiger partial charge in [0.25, 0.3) is 10.0 Å². The molecule has 0 atom stereocenters. The second-order valence-electron chi connectivity index (χ2n) is 4.56. The first-order valence-corrected chi connectivity index (χ1v) is 8.46. The normalized spacial score (nSPS) is 11.7. The second kappa shape index (κ2) is 6.78. The largest absolute Gasteiger partial charge is 0.280 e. The van der Waals surface area contributed by atoms with Gasteiger partial charge in [-0.25, -0.2) is 8.42 Å². The summed E-state index contributed by atoms with van der Waals surface area (Å²) in [5, 5.41) is 1.76. The van der Waals surface area contributed by atoms with Crippen LogP contribution in [0.15, 0.2) is 53.9 Å². The molecule has 0 fully saturated rings. The van der Waals surface area contributed by atoms with Crippen molar-refractivity contribution in [3.63, 3.8) is 0 Å². The number of nitrogens with one attached hydrogen (secondary N) is 1. The first-order valence-electron chi connectivity index (χ1n) is 6.54. The summed E-state index contributed by atoms with van der Waals surface area (Å²) in [6, 6.07) is 14.3. The highest BCUT2D eigenvalue weighted by Crippen LogP contribution is 2.15. The maximum atomic E-state index is 12.0. The van der Waals surface area contributed by atoms with E-state index in [0.29, 0.717) is 10.7 Å². The van der Waals surface area contributed by atoms with Crippen LogP contribution in [-0.4, -0.2) is 8.42 Å². The Bertz CT molecular complexity index is 737. The van der Waals surface area contributed by atoms with Crippen molar-refractivity contribution in [1.82, 2.24) is 0 Å². The number of sulfonamides is 1. The number of hydrogen-bond acceptors (Lipinski definition) is 2. The quantitative estimate of drug-likeness (QED) is 0.891. The minimum absolute atomic E-state index is 0.565. The van der Waals surface area contributed by atoms with Crippen LogP contribution in [0.1, 0.15) is 18.1 Å². The van der Waals surface area contributed by atoms with Crippen LogP contribution >= 0.6 is 11.6 Å². The lowest BCUT2D eigenvalue weighted by Crippen LogP contribution is -2.08. The van der Waals surface area contributed by atoms with E-state index in [1.54, 1.807) is 30.3 Å². The Kier molecular flexibility index (Phi) is 5.04. The van der Waals surface area contributed by atoms with E-state index >= 15 is 0 Å². The average molecular weight is 322 g/mol. The van der Waals surface area contributed by atoms with Gasteiger partial charge in [0.1, 0.15) is 0 Å². The molecule has 1 N–H and O–H groups in total. The van der Waals surface area contributed by atoms with Crippen molar-refractivity contribution in [2.24, 2.45) is 0 Å². The van der Waals surface area contributed by atoms with Crippen molar-refractivity contribution in [3.05, 3.63) is 70.1 Å². The van der Waals surface area contributed by atoms with Crippen molar-refractivity contribution in [1.29, 1.82) is 0 Å². The predicted molar refractivity (Wildman–Crippen MR) is 88.8 cm³/mol. The molecule has 0 saturated heterocycles. The van der Waals surface area contributed by atoms with Crippen LogP contribution in [0.4, 0.5) is 5.69 Å². The lowest BCUT2D eigenvalue weighted by Gasteiger charge is -2.06. The van der Waals surface area contributed by atoms with E-state index in [-0.39, 0.29) is 0 Å². The van der Waals surface area contributed by atoms with Crippen LogP contribution in [0.25, 0.3) is 6.08 Å². The van der Waals surface area contributed by atoms with E-state index < -0.39 is 10.0 Å². The summed E-state index contributed by atoms with van der Waals surface area (Å²) in [5.41, 5.74) is 2.42. The summed E-state index contributed by atoms with van der Waals surface area (Å²) in [5.74, 6) is 0. The first-order chi connectivity index (χ1) is 9.98. The molecular weight excluding hydrogens is 306 g/mol. The lowest BCUT2D eigenvalue weighted by molar-refractivity contribution is 0.609. The number of aryl methyl sites for hydroxylation is 1. The third-order valence-corrected chi connectivity index (χ3v) is 4.17. The van der Waals surface area contributed by atoms with E-state index in [2.05, 4.69) is 4.72 Å². The Morgan fingerprint density at radius 1 is 1.14 bits per heavy atom. The molecule has 0 radical (unpaired) electrons. The standard InChI is InChI=1S/C16H16ClNO2S/c1-2-13-4-3-5-16(12-13)18-21(19,20)11-10-14-6-8-15(17)9-7-14/h3-12,18H,2H2,1H3/b11-10+. The van der Waals surface area contributed by atoms with Crippen molar-refractivity contribution < 1.29 is 8.42 Å². The highest BCUT2D eigenvalue weighted by Gasteiger charge is 2.05. The van der Waals surface area contributed by atoms with Gasteiger partial charge in [0.05, 0.1) is 5.41 Å². The zero-order chi connectivity index (χ0) is 15.3. The van der Waals surface area contributed by atoms with E-state index in [9.17, 15) is 8.42 Å². The first kappa shape index (κ1) is 15.6. The van der Waals surface area contributed by atoms with Crippen LogP contribution in [0.2, 0.25) is 5.02 Å². The van der Waals surface area contributed by atoms with Gasteiger partial charge in [-0.2, -0.15) is 0 Å². The summed E-state index contributed by atoms with van der Waals surface area (Å²) in [6.45, 7) is 2.02. The van der Waals surface area contributed by atoms with Crippen molar-refractivity contribution in [2.75, 3.05) is 4.72 Å². The zero-order valence-corrected chi connectivity index (χ0v) is 13.2. The molecule has 0 bridgehead atoms. The minimum Gasteiger partial charge on any atom is -0.280 e. The fourth-order valence-electron chi connectivity index (χ4n) is 1.80. The van der Waals surface area contributed by atoms with E-state index in [4.69, 9.17) is 11.6 Å². The Morgan fingerprint density at radius 3 is 2.52 bits per heavy atom. The van der Waals surface area contributed by atoms with E-state index in [0.717, 1.165) is 23.0 Å². The maximum Gasteiger partial charge on any atom is 0.255 e. The van der Waals surface area contributed by atoms with Gasteiger partial charge in [0.2, 0.25) is 0 Å². The minimum atomic E-state index is -3.53. The Labute approximate surface area is 130 Å². The van der Waals surface area contributed by atoms with Crippen molar-refractivity contribution >= 4 is 33.4 Å². The number of benzene rings is 2. The Balaban J connectivity index is 2.12. The summed E-state index contributed by atoms with van der Waals surface area (Å²) >= 11 is 5.78. The predicted octanol–water partition coefficient (Wildman–Crippen LogP) is 4.32. The van der Waals surface area contributed by atoms with Crippen molar-refractivity contribution in [2.45, 2.75) is 13.3 Å². The summed E-state index contributed by atoms with van der Waals surface area (Å²) < 4.78 is 26.6. The summed E-state index contributed by atoms with van der Waals surface area (Å²) in [4.78, 5) is 0. The third-order valence-electron chi connectivity index (χ3n) is 2.90. The fraction of sp³-hybridized carbons (Fsp3) is 0.125. The van der Waals surface area contributed by atoms with Crippen LogP contribution in [0.5, 0.6) is 0 Å². The lowest BCUT2D eigenvalue weighted by atomic mass is 10.1. The molecule has 0 amide bonds. The molecule has 2 aromatic rings. The average Bonchev–Trinajstić information content (AvgIpc) is 2.46. The van der Waals surface area contributed by atoms with Crippen molar-refractivity contribution in [3.8, 4) is 0 Å². The summed E-state index contributed by atoms with van der Waals surface area (Å²) in [6.07, 6.45) is 2.39. The molecule has 0 aromatic heterocycles. The number of rotatable bonds is 5. The molecule has 3 nitrogen and oxygen atoms in total. The number of halogens is 1. The van der Waals surface area contributed by atoms with Gasteiger partial charge >= 0.3 is 0 Å². The van der Waals surface area contributed by atoms with Gasteiger partial charge in [-0.05, 0) is 47.9 Å². The number of hydrogen-bond donors (Lipinski definition) is 1. The van der Waals surface area contributed by atoms with E-state index in [1.807, 2.05) is 25.1 Å².